The third-order valence-corrected chi connectivity index (χ3v) is 11.1. The molecule has 4 aromatic heterocycles. The zero-order valence-electron chi connectivity index (χ0n) is 31.3. The number of hydrogen-bond donors (Lipinski definition) is 1. The third-order valence-electron chi connectivity index (χ3n) is 8.88. The minimum atomic E-state index is -4.91. The lowest BCUT2D eigenvalue weighted by molar-refractivity contribution is -0.141. The molecule has 18 heteroatoms. The van der Waals surface area contributed by atoms with Crippen LogP contribution in [0.2, 0.25) is 0 Å². The van der Waals surface area contributed by atoms with Crippen molar-refractivity contribution >= 4 is 38.7 Å². The molecule has 4 aromatic rings. The minimum Gasteiger partial charge on any atom is -0.481 e. The third kappa shape index (κ3) is 7.88. The predicted molar refractivity (Wildman–Crippen MR) is 194 cm³/mol. The number of nitrogens with zero attached hydrogens (tertiary/aromatic N) is 7. The fourth-order valence-corrected chi connectivity index (χ4v) is 7.97. The molecular weight excluding hydrogens is 731 g/mol. The van der Waals surface area contributed by atoms with Crippen LogP contribution in [-0.2, 0) is 45.9 Å². The van der Waals surface area contributed by atoms with Crippen molar-refractivity contribution in [2.75, 3.05) is 7.11 Å². The summed E-state index contributed by atoms with van der Waals surface area (Å²) in [6.45, 7) is 10.4. The Bertz CT molecular complexity index is 2240. The van der Waals surface area contributed by atoms with Crippen LogP contribution < -0.4 is 4.74 Å². The zero-order valence-corrected chi connectivity index (χ0v) is 32.1. The van der Waals surface area contributed by atoms with Crippen molar-refractivity contribution in [1.29, 1.82) is 0 Å². The Hall–Kier alpha value is -5.13. The fourth-order valence-electron chi connectivity index (χ4n) is 6.32. The Morgan fingerprint density at radius 2 is 1.83 bits per heavy atom. The fraction of sp³-hybridized carbons (Fsp3) is 0.472. The number of fused-ring (bicyclic) bond motifs is 1. The molecule has 1 amide bonds. The van der Waals surface area contributed by atoms with Gasteiger partial charge in [0.2, 0.25) is 15.9 Å². The summed E-state index contributed by atoms with van der Waals surface area (Å²) < 4.78 is 85.8. The van der Waals surface area contributed by atoms with Crippen LogP contribution in [0.4, 0.5) is 18.0 Å². The van der Waals surface area contributed by atoms with Gasteiger partial charge in [0.25, 0.3) is 0 Å². The van der Waals surface area contributed by atoms with Crippen molar-refractivity contribution in [2.24, 2.45) is 7.05 Å². The maximum absolute atomic E-state index is 14.8. The van der Waals surface area contributed by atoms with E-state index >= 15 is 0 Å². The number of amides is 1. The number of alkyl halides is 3. The number of hydrogen-bond acceptors (Lipinski definition) is 9. The van der Waals surface area contributed by atoms with Crippen LogP contribution in [0, 0.1) is 0 Å². The number of aromatic nitrogens is 6. The number of aryl methyl sites for hydroxylation is 2. The highest BCUT2D eigenvalue weighted by Gasteiger charge is 2.43. The van der Waals surface area contributed by atoms with E-state index in [1.165, 1.54) is 41.9 Å². The predicted octanol–water partition coefficient (Wildman–Crippen LogP) is 6.65. The van der Waals surface area contributed by atoms with Gasteiger partial charge in [0.1, 0.15) is 10.3 Å². The Labute approximate surface area is 310 Å². The van der Waals surface area contributed by atoms with Gasteiger partial charge in [0.15, 0.2) is 11.3 Å². The average molecular weight is 776 g/mol. The van der Waals surface area contributed by atoms with Crippen molar-refractivity contribution in [1.82, 2.24) is 33.4 Å². The number of allylic oxidation sites excluding steroid dienone is 3. The van der Waals surface area contributed by atoms with Gasteiger partial charge in [0, 0.05) is 61.2 Å². The smallest absolute Gasteiger partial charge is 0.435 e. The zero-order chi connectivity index (χ0) is 40.0. The van der Waals surface area contributed by atoms with Crippen LogP contribution in [0.1, 0.15) is 77.8 Å². The monoisotopic (exact) mass is 775 g/mol. The number of ether oxygens (including phenoxy) is 2. The number of carboxylic acid groups (broad SMARTS) is 1. The lowest BCUT2D eigenvalue weighted by Gasteiger charge is -2.30. The molecule has 1 aliphatic rings. The first-order valence-corrected chi connectivity index (χ1v) is 18.6. The second-order valence-corrected chi connectivity index (χ2v) is 16.8. The molecule has 0 bridgehead atoms. The molecule has 54 heavy (non-hydrogen) atoms. The highest BCUT2D eigenvalue weighted by Crippen LogP contribution is 2.43. The second-order valence-electron chi connectivity index (χ2n) is 14.5. The van der Waals surface area contributed by atoms with Crippen molar-refractivity contribution in [3.05, 3.63) is 65.9 Å². The first-order chi connectivity index (χ1) is 25.1. The minimum absolute atomic E-state index is 0.00389. The van der Waals surface area contributed by atoms with E-state index in [2.05, 4.69) is 15.2 Å². The molecule has 0 fully saturated rings. The summed E-state index contributed by atoms with van der Waals surface area (Å²) in [6.07, 6.45) is 2.87. The van der Waals surface area contributed by atoms with E-state index in [1.807, 2.05) is 13.8 Å². The van der Waals surface area contributed by atoms with Crippen molar-refractivity contribution in [3.8, 4) is 17.0 Å². The van der Waals surface area contributed by atoms with Crippen molar-refractivity contribution < 1.29 is 45.8 Å². The normalized spacial score (nSPS) is 16.6. The number of rotatable bonds is 12. The molecule has 1 atom stereocenters. The van der Waals surface area contributed by atoms with Crippen LogP contribution in [0.5, 0.6) is 5.88 Å². The van der Waals surface area contributed by atoms with Gasteiger partial charge in [-0.2, -0.15) is 23.4 Å². The highest BCUT2D eigenvalue weighted by molar-refractivity contribution is 7.91. The molecule has 1 unspecified atom stereocenters. The number of methoxy groups -OCH3 is 1. The molecule has 0 aliphatic heterocycles. The van der Waals surface area contributed by atoms with E-state index in [4.69, 9.17) is 14.6 Å². The Morgan fingerprint density at radius 1 is 1.13 bits per heavy atom. The van der Waals surface area contributed by atoms with Crippen LogP contribution in [-0.4, -0.2) is 82.5 Å². The van der Waals surface area contributed by atoms with Gasteiger partial charge in [-0.3, -0.25) is 14.4 Å². The molecule has 0 radical (unpaired) electrons. The number of carboxylic acids is 1. The molecule has 0 spiro atoms. The molecule has 1 N–H and O–H groups in total. The standard InChI is InChI=1S/C36H44F3N7O7S/c1-22(2)45(33(49)53-34(3,4)5)21-27-29(32(52-8)43(7)41-27)23-12-9-15-35(6,18-23)54(50,51)46-20-25(24-13-10-16-40-31(24)46)26-19-44(17-11-14-28(47)48)42-30(26)36(37,38)39/h9-10,12-13,16,18-20,22H,11,14-15,17,21H2,1-8H3,(H,47,48). The van der Waals surface area contributed by atoms with E-state index < -0.39 is 44.3 Å². The Kier molecular flexibility index (Phi) is 10.8. The summed E-state index contributed by atoms with van der Waals surface area (Å²) in [5.74, 6) is -0.789. The van der Waals surface area contributed by atoms with E-state index in [0.717, 1.165) is 21.0 Å². The van der Waals surface area contributed by atoms with Gasteiger partial charge in [-0.05, 0) is 72.1 Å². The quantitative estimate of drug-likeness (QED) is 0.165. The molecule has 5 rings (SSSR count). The maximum Gasteiger partial charge on any atom is 0.435 e. The van der Waals surface area contributed by atoms with Crippen molar-refractivity contribution in [3.63, 3.8) is 0 Å². The molecule has 4 heterocycles. The van der Waals surface area contributed by atoms with Crippen LogP contribution in [0.15, 0.2) is 49.0 Å². The van der Waals surface area contributed by atoms with Crippen LogP contribution in [0.25, 0.3) is 27.7 Å². The van der Waals surface area contributed by atoms with E-state index in [1.54, 1.807) is 46.0 Å². The van der Waals surface area contributed by atoms with Gasteiger partial charge >= 0.3 is 18.2 Å². The lowest BCUT2D eigenvalue weighted by Crippen LogP contribution is -2.40. The summed E-state index contributed by atoms with van der Waals surface area (Å²) in [5.41, 5.74) is -1.22. The largest absolute Gasteiger partial charge is 0.481 e. The summed E-state index contributed by atoms with van der Waals surface area (Å²) in [5, 5.41) is 17.5. The van der Waals surface area contributed by atoms with Gasteiger partial charge in [-0.15, -0.1) is 0 Å². The summed E-state index contributed by atoms with van der Waals surface area (Å²) >= 11 is 0. The van der Waals surface area contributed by atoms with E-state index in [-0.39, 0.29) is 60.6 Å². The van der Waals surface area contributed by atoms with Gasteiger partial charge in [0.05, 0.1) is 24.9 Å². The topological polar surface area (TPSA) is 164 Å². The number of halogens is 3. The molecule has 0 saturated heterocycles. The van der Waals surface area contributed by atoms with Gasteiger partial charge < -0.3 is 14.6 Å². The molecule has 14 nitrogen and oxygen atoms in total. The van der Waals surface area contributed by atoms with Gasteiger partial charge in [-0.25, -0.2) is 26.9 Å². The molecule has 0 saturated carbocycles. The molecular formula is C36H44F3N7O7S. The Morgan fingerprint density at radius 3 is 2.44 bits per heavy atom. The summed E-state index contributed by atoms with van der Waals surface area (Å²) in [4.78, 5) is 30.0. The average Bonchev–Trinajstić information content (AvgIpc) is 3.75. The van der Waals surface area contributed by atoms with E-state index in [0.29, 0.717) is 22.7 Å². The van der Waals surface area contributed by atoms with Crippen LogP contribution >= 0.6 is 0 Å². The van der Waals surface area contributed by atoms with E-state index in [9.17, 15) is 31.2 Å². The highest BCUT2D eigenvalue weighted by atomic mass is 32.2. The summed E-state index contributed by atoms with van der Waals surface area (Å²) in [7, 11) is -1.37. The Balaban J connectivity index is 1.62. The molecule has 292 valence electrons. The summed E-state index contributed by atoms with van der Waals surface area (Å²) in [6, 6.07) is 2.68. The van der Waals surface area contributed by atoms with Crippen molar-refractivity contribution in [2.45, 2.75) is 96.5 Å². The number of carbonyl (C=O) groups excluding carboxylic acids is 1. The first-order valence-electron chi connectivity index (χ1n) is 17.1. The molecule has 1 aliphatic carbocycles. The molecule has 0 aromatic carbocycles. The van der Waals surface area contributed by atoms with Gasteiger partial charge in [-0.1, -0.05) is 18.2 Å². The number of aliphatic carboxylic acids is 1. The lowest BCUT2D eigenvalue weighted by atomic mass is 9.92. The number of carbonyl (C=O) groups is 2. The maximum atomic E-state index is 14.8. The number of pyridine rings is 1. The second kappa shape index (κ2) is 14.6. The first kappa shape index (κ1) is 40.1. The van der Waals surface area contributed by atoms with Crippen LogP contribution in [0.3, 0.4) is 0 Å². The SMILES string of the molecule is COc1c(C2=CC(C)(S(=O)(=O)n3cc(-c4cn(CCCC(=O)O)nc4C(F)(F)F)c4cccnc43)CC=C2)c(CN(C(=O)OC(C)(C)C)C(C)C)nn1C.